The highest BCUT2D eigenvalue weighted by molar-refractivity contribution is 6.00. The van der Waals surface area contributed by atoms with Gasteiger partial charge in [0.2, 0.25) is 0 Å². The highest BCUT2D eigenvalue weighted by atomic mass is 16.2. The molecule has 0 fully saturated rings. The highest BCUT2D eigenvalue weighted by Crippen LogP contribution is 2.18. The predicted octanol–water partition coefficient (Wildman–Crippen LogP) is -0.970. The fourth-order valence-corrected chi connectivity index (χ4v) is 1.55. The molecule has 2 heterocycles. The molecule has 0 bridgehead atoms. The van der Waals surface area contributed by atoms with Crippen molar-refractivity contribution in [2.24, 2.45) is 11.5 Å². The summed E-state index contributed by atoms with van der Waals surface area (Å²) in [6, 6.07) is 1.54. The van der Waals surface area contributed by atoms with E-state index in [0.29, 0.717) is 22.1 Å². The molecule has 0 saturated carbocycles. The maximum atomic E-state index is 11.0. The van der Waals surface area contributed by atoms with Crippen LogP contribution >= 0.6 is 0 Å². The van der Waals surface area contributed by atoms with Crippen molar-refractivity contribution in [2.75, 3.05) is 0 Å². The lowest BCUT2D eigenvalue weighted by molar-refractivity contribution is 0.243. The van der Waals surface area contributed by atoms with E-state index in [1.807, 2.05) is 0 Å². The van der Waals surface area contributed by atoms with Gasteiger partial charge in [-0.25, -0.2) is 9.59 Å². The Hall–Kier alpha value is -3.04. The minimum atomic E-state index is -0.818. The topological polar surface area (TPSA) is 148 Å². The second-order valence-corrected chi connectivity index (χ2v) is 3.46. The number of rotatable bonds is 0. The van der Waals surface area contributed by atoms with Gasteiger partial charge in [-0.15, -0.1) is 20.4 Å². The standard InChI is InChI=1S/C8H6N8O2/c9-7(17)15-11-3-1-2-4-6(5(3)13-15)14-16(12-4)8(10)18/h1-2H,(H2,9,17)(H2,10,18). The third kappa shape index (κ3) is 1.29. The third-order valence-electron chi connectivity index (χ3n) is 2.30. The van der Waals surface area contributed by atoms with Crippen LogP contribution in [-0.4, -0.2) is 42.0 Å². The molecule has 0 saturated heterocycles. The van der Waals surface area contributed by atoms with E-state index in [9.17, 15) is 9.59 Å². The molecule has 1 aromatic carbocycles. The SMILES string of the molecule is NC(=O)n1nc2ccc3nn(C(N)=O)nc3c2n1. The van der Waals surface area contributed by atoms with E-state index in [1.54, 1.807) is 12.1 Å². The molecular formula is C8H6N8O2. The second kappa shape index (κ2) is 3.23. The molecular weight excluding hydrogens is 240 g/mol. The molecule has 2 amide bonds. The summed E-state index contributed by atoms with van der Waals surface area (Å²) in [5.74, 6) is 0. The number of carbonyl (C=O) groups excluding carboxylic acids is 2. The van der Waals surface area contributed by atoms with Gasteiger partial charge in [0.05, 0.1) is 0 Å². The number of hydrogen-bond acceptors (Lipinski definition) is 6. The van der Waals surface area contributed by atoms with Crippen molar-refractivity contribution in [3.05, 3.63) is 12.1 Å². The summed E-state index contributed by atoms with van der Waals surface area (Å²) in [5, 5.41) is 15.5. The van der Waals surface area contributed by atoms with E-state index in [0.717, 1.165) is 9.59 Å². The molecule has 10 nitrogen and oxygen atoms in total. The summed E-state index contributed by atoms with van der Waals surface area (Å²) < 4.78 is 0. The fraction of sp³-hybridized carbons (Fsp3) is 0. The van der Waals surface area contributed by atoms with E-state index in [1.165, 1.54) is 0 Å². The molecule has 10 heteroatoms. The van der Waals surface area contributed by atoms with Crippen molar-refractivity contribution < 1.29 is 9.59 Å². The van der Waals surface area contributed by atoms with Crippen molar-refractivity contribution in [1.82, 2.24) is 30.0 Å². The van der Waals surface area contributed by atoms with Crippen LogP contribution in [0.1, 0.15) is 0 Å². The van der Waals surface area contributed by atoms with Crippen molar-refractivity contribution in [3.63, 3.8) is 0 Å². The van der Waals surface area contributed by atoms with Crippen LogP contribution in [-0.2, 0) is 0 Å². The molecule has 4 N–H and O–H groups in total. The number of aromatic nitrogens is 6. The first kappa shape index (κ1) is 10.1. The zero-order valence-corrected chi connectivity index (χ0v) is 8.81. The van der Waals surface area contributed by atoms with Gasteiger partial charge in [0.1, 0.15) is 22.1 Å². The minimum Gasteiger partial charge on any atom is -0.348 e. The van der Waals surface area contributed by atoms with E-state index in [4.69, 9.17) is 11.5 Å². The Kier molecular flexibility index (Phi) is 1.82. The molecule has 0 aliphatic carbocycles. The smallest absolute Gasteiger partial charge is 0.348 e. The number of fused-ring (bicyclic) bond motifs is 3. The van der Waals surface area contributed by atoms with Crippen LogP contribution in [0.3, 0.4) is 0 Å². The van der Waals surface area contributed by atoms with E-state index >= 15 is 0 Å². The number of hydrogen-bond donors (Lipinski definition) is 2. The van der Waals surface area contributed by atoms with Gasteiger partial charge < -0.3 is 11.5 Å². The van der Waals surface area contributed by atoms with Gasteiger partial charge in [-0.2, -0.15) is 0 Å². The van der Waals surface area contributed by atoms with Crippen molar-refractivity contribution >= 4 is 34.1 Å². The summed E-state index contributed by atoms with van der Waals surface area (Å²) in [6.07, 6.45) is 0. The molecule has 0 aliphatic rings. The summed E-state index contributed by atoms with van der Waals surface area (Å²) in [7, 11) is 0. The Morgan fingerprint density at radius 3 is 1.56 bits per heavy atom. The molecule has 0 unspecified atom stereocenters. The van der Waals surface area contributed by atoms with Crippen LogP contribution in [0.4, 0.5) is 9.59 Å². The Bertz CT molecular complexity index is 732. The lowest BCUT2D eigenvalue weighted by atomic mass is 10.3. The summed E-state index contributed by atoms with van der Waals surface area (Å²) >= 11 is 0. The van der Waals surface area contributed by atoms with Crippen LogP contribution < -0.4 is 11.5 Å². The molecule has 90 valence electrons. The average molecular weight is 246 g/mol. The fourth-order valence-electron chi connectivity index (χ4n) is 1.55. The van der Waals surface area contributed by atoms with E-state index in [-0.39, 0.29) is 0 Å². The predicted molar refractivity (Wildman–Crippen MR) is 58.6 cm³/mol. The lowest BCUT2D eigenvalue weighted by Gasteiger charge is -1.86. The number of amides is 2. The van der Waals surface area contributed by atoms with Gasteiger partial charge in [-0.1, -0.05) is 9.59 Å². The van der Waals surface area contributed by atoms with Crippen molar-refractivity contribution in [1.29, 1.82) is 0 Å². The Morgan fingerprint density at radius 1 is 0.833 bits per heavy atom. The molecule has 2 aromatic heterocycles. The Balaban J connectivity index is 2.37. The zero-order chi connectivity index (χ0) is 12.9. The highest BCUT2D eigenvalue weighted by Gasteiger charge is 2.14. The summed E-state index contributed by atoms with van der Waals surface area (Å²) in [4.78, 5) is 23.4. The van der Waals surface area contributed by atoms with Gasteiger partial charge in [-0.3, -0.25) is 0 Å². The number of benzene rings is 1. The molecule has 0 aliphatic heterocycles. The van der Waals surface area contributed by atoms with Crippen LogP contribution in [0.5, 0.6) is 0 Å². The molecule has 0 atom stereocenters. The maximum Gasteiger partial charge on any atom is 0.356 e. The minimum absolute atomic E-state index is 0.318. The number of nitrogens with two attached hydrogens (primary N) is 2. The van der Waals surface area contributed by atoms with Crippen molar-refractivity contribution in [2.45, 2.75) is 0 Å². The van der Waals surface area contributed by atoms with Gasteiger partial charge in [0.25, 0.3) is 0 Å². The van der Waals surface area contributed by atoms with Crippen LogP contribution in [0.15, 0.2) is 12.1 Å². The first-order chi connectivity index (χ1) is 8.56. The van der Waals surface area contributed by atoms with Crippen molar-refractivity contribution in [3.8, 4) is 0 Å². The zero-order valence-electron chi connectivity index (χ0n) is 8.81. The van der Waals surface area contributed by atoms with E-state index in [2.05, 4.69) is 20.4 Å². The Morgan fingerprint density at radius 2 is 1.22 bits per heavy atom. The first-order valence-electron chi connectivity index (χ1n) is 4.79. The van der Waals surface area contributed by atoms with Crippen LogP contribution in [0.2, 0.25) is 0 Å². The van der Waals surface area contributed by atoms with Crippen LogP contribution in [0.25, 0.3) is 22.1 Å². The molecule has 3 rings (SSSR count). The van der Waals surface area contributed by atoms with Gasteiger partial charge in [0, 0.05) is 0 Å². The average Bonchev–Trinajstić information content (AvgIpc) is 2.91. The van der Waals surface area contributed by atoms with Crippen LogP contribution in [0, 0.1) is 0 Å². The summed E-state index contributed by atoms with van der Waals surface area (Å²) in [6.45, 7) is 0. The second-order valence-electron chi connectivity index (χ2n) is 3.46. The largest absolute Gasteiger partial charge is 0.356 e. The maximum absolute atomic E-state index is 11.0. The third-order valence-corrected chi connectivity index (χ3v) is 2.30. The molecule has 0 radical (unpaired) electrons. The van der Waals surface area contributed by atoms with Gasteiger partial charge in [0.15, 0.2) is 0 Å². The lowest BCUT2D eigenvalue weighted by Crippen LogP contribution is -2.22. The Labute approximate surface area is 98.1 Å². The number of carbonyl (C=O) groups is 2. The summed E-state index contributed by atoms with van der Waals surface area (Å²) in [5.41, 5.74) is 11.6. The first-order valence-corrected chi connectivity index (χ1v) is 4.79. The molecule has 3 aromatic rings. The quantitative estimate of drug-likeness (QED) is 0.521. The molecule has 18 heavy (non-hydrogen) atoms. The normalized spacial score (nSPS) is 11.1. The monoisotopic (exact) mass is 246 g/mol. The van der Waals surface area contributed by atoms with Gasteiger partial charge in [-0.05, 0) is 12.1 Å². The van der Waals surface area contributed by atoms with E-state index < -0.39 is 12.1 Å². The number of nitrogens with zero attached hydrogens (tertiary/aromatic N) is 6. The number of primary amides is 2. The van der Waals surface area contributed by atoms with Gasteiger partial charge >= 0.3 is 12.1 Å². The molecule has 0 spiro atoms.